The first kappa shape index (κ1) is 17.2. The zero-order valence-electron chi connectivity index (χ0n) is 11.9. The van der Waals surface area contributed by atoms with Crippen LogP contribution >= 0.6 is 22.6 Å². The summed E-state index contributed by atoms with van der Waals surface area (Å²) in [5.74, 6) is -0.144. The summed E-state index contributed by atoms with van der Waals surface area (Å²) in [7, 11) is 0. The highest BCUT2D eigenvalue weighted by Crippen LogP contribution is 2.35. The Morgan fingerprint density at radius 2 is 2.05 bits per heavy atom. The molecule has 0 spiro atoms. The number of halogens is 1. The summed E-state index contributed by atoms with van der Waals surface area (Å²) in [6.45, 7) is 4.06. The van der Waals surface area contributed by atoms with Crippen LogP contribution in [0.3, 0.4) is 0 Å². The highest BCUT2D eigenvalue weighted by Gasteiger charge is 2.39. The number of hydrogen-bond acceptors (Lipinski definition) is 2. The molecule has 3 N–H and O–H groups in total. The molecule has 0 aliphatic carbocycles. The summed E-state index contributed by atoms with van der Waals surface area (Å²) in [4.78, 5) is 11.1. The molecule has 0 radical (unpaired) electrons. The zero-order valence-corrected chi connectivity index (χ0v) is 14.1. The van der Waals surface area contributed by atoms with Gasteiger partial charge >= 0.3 is 6.09 Å². The van der Waals surface area contributed by atoms with Crippen LogP contribution in [-0.4, -0.2) is 16.3 Å². The van der Waals surface area contributed by atoms with E-state index < -0.39 is 11.8 Å². The zero-order chi connectivity index (χ0) is 15.2. The predicted octanol–water partition coefficient (Wildman–Crippen LogP) is 3.92. The minimum Gasteiger partial charge on any atom is -0.465 e. The van der Waals surface area contributed by atoms with Crippen LogP contribution in [0.25, 0.3) is 0 Å². The molecule has 0 bridgehead atoms. The van der Waals surface area contributed by atoms with Crippen LogP contribution < -0.4 is 5.32 Å². The minimum atomic E-state index is -1.53. The van der Waals surface area contributed by atoms with Crippen molar-refractivity contribution in [3.63, 3.8) is 0 Å². The smallest absolute Gasteiger partial charge is 0.407 e. The molecule has 0 fully saturated rings. The van der Waals surface area contributed by atoms with Crippen molar-refractivity contribution in [2.45, 2.75) is 45.3 Å². The summed E-state index contributed by atoms with van der Waals surface area (Å²) in [5, 5.41) is 22.5. The molecule has 2 atom stereocenters. The number of hydrogen-bond donors (Lipinski definition) is 3. The van der Waals surface area contributed by atoms with Crippen molar-refractivity contribution in [1.29, 1.82) is 0 Å². The number of amides is 1. The van der Waals surface area contributed by atoms with Crippen molar-refractivity contribution in [2.75, 3.05) is 0 Å². The molecular weight excluding hydrogens is 369 g/mol. The topological polar surface area (TPSA) is 69.6 Å². The van der Waals surface area contributed by atoms with Gasteiger partial charge in [-0.25, -0.2) is 4.79 Å². The SMILES string of the molecule is CCCCC(CC)C(O)(NC(=O)O)c1ccccc1I. The van der Waals surface area contributed by atoms with Gasteiger partial charge in [-0.3, -0.25) is 5.32 Å². The van der Waals surface area contributed by atoms with Gasteiger partial charge in [-0.05, 0) is 41.5 Å². The van der Waals surface area contributed by atoms with Gasteiger partial charge in [-0.1, -0.05) is 44.9 Å². The number of carboxylic acid groups (broad SMARTS) is 1. The average Bonchev–Trinajstić information content (AvgIpc) is 2.39. The van der Waals surface area contributed by atoms with E-state index in [1.807, 2.05) is 25.1 Å². The van der Waals surface area contributed by atoms with Crippen LogP contribution in [0.5, 0.6) is 0 Å². The maximum atomic E-state index is 11.1. The van der Waals surface area contributed by atoms with Gasteiger partial charge in [0.05, 0.1) is 0 Å². The maximum absolute atomic E-state index is 11.1. The molecule has 0 aliphatic rings. The van der Waals surface area contributed by atoms with E-state index in [0.717, 1.165) is 22.8 Å². The van der Waals surface area contributed by atoms with Gasteiger partial charge in [-0.2, -0.15) is 0 Å². The lowest BCUT2D eigenvalue weighted by Gasteiger charge is -2.36. The molecule has 5 heteroatoms. The summed E-state index contributed by atoms with van der Waals surface area (Å²) < 4.78 is 0.858. The Morgan fingerprint density at radius 1 is 1.40 bits per heavy atom. The van der Waals surface area contributed by atoms with Gasteiger partial charge < -0.3 is 10.2 Å². The largest absolute Gasteiger partial charge is 0.465 e. The number of nitrogens with one attached hydrogen (secondary N) is 1. The number of rotatable bonds is 7. The first-order valence-corrected chi connectivity index (χ1v) is 8.02. The average molecular weight is 391 g/mol. The number of carbonyl (C=O) groups is 1. The molecule has 20 heavy (non-hydrogen) atoms. The third-order valence-corrected chi connectivity index (χ3v) is 4.51. The highest BCUT2D eigenvalue weighted by atomic mass is 127. The van der Waals surface area contributed by atoms with Crippen LogP contribution in [0.2, 0.25) is 0 Å². The van der Waals surface area contributed by atoms with Gasteiger partial charge in [0.1, 0.15) is 0 Å². The fraction of sp³-hybridized carbons (Fsp3) is 0.533. The molecule has 0 heterocycles. The standard InChI is InChI=1S/C15H22INO3/c1-3-5-8-11(4-2)15(20,17-14(18)19)12-9-6-7-10-13(12)16/h6-7,9-11,17,20H,3-5,8H2,1-2H3,(H,18,19). The van der Waals surface area contributed by atoms with Crippen molar-refractivity contribution in [3.8, 4) is 0 Å². The predicted molar refractivity (Wildman–Crippen MR) is 87.5 cm³/mol. The van der Waals surface area contributed by atoms with Gasteiger partial charge in [0.15, 0.2) is 5.72 Å². The maximum Gasteiger partial charge on any atom is 0.407 e. The van der Waals surface area contributed by atoms with Crippen molar-refractivity contribution >= 4 is 28.7 Å². The van der Waals surface area contributed by atoms with Gasteiger partial charge in [-0.15, -0.1) is 0 Å². The number of benzene rings is 1. The first-order valence-electron chi connectivity index (χ1n) is 6.94. The minimum absolute atomic E-state index is 0.144. The van der Waals surface area contributed by atoms with Crippen molar-refractivity contribution in [1.82, 2.24) is 5.32 Å². The van der Waals surface area contributed by atoms with E-state index in [1.165, 1.54) is 0 Å². The van der Waals surface area contributed by atoms with E-state index in [4.69, 9.17) is 5.11 Å². The third-order valence-electron chi connectivity index (χ3n) is 3.57. The second kappa shape index (κ2) is 7.83. The Bertz CT molecular complexity index is 452. The monoisotopic (exact) mass is 391 g/mol. The fourth-order valence-corrected chi connectivity index (χ4v) is 3.28. The Balaban J connectivity index is 3.20. The van der Waals surface area contributed by atoms with E-state index in [0.29, 0.717) is 12.0 Å². The molecule has 2 unspecified atom stereocenters. The molecule has 1 aromatic carbocycles. The van der Waals surface area contributed by atoms with Crippen LogP contribution in [0.15, 0.2) is 24.3 Å². The molecule has 0 saturated heterocycles. The molecule has 1 amide bonds. The molecule has 4 nitrogen and oxygen atoms in total. The van der Waals surface area contributed by atoms with Gasteiger partial charge in [0.25, 0.3) is 0 Å². The molecule has 112 valence electrons. The molecular formula is C15H22INO3. The van der Waals surface area contributed by atoms with E-state index in [-0.39, 0.29) is 5.92 Å². The second-order valence-corrected chi connectivity index (χ2v) is 6.09. The second-order valence-electron chi connectivity index (χ2n) is 4.92. The van der Waals surface area contributed by atoms with Crippen LogP contribution in [0, 0.1) is 9.49 Å². The third kappa shape index (κ3) is 4.09. The van der Waals surface area contributed by atoms with Crippen molar-refractivity contribution in [2.24, 2.45) is 5.92 Å². The molecule has 1 aromatic rings. The Morgan fingerprint density at radius 3 is 2.55 bits per heavy atom. The molecule has 0 aromatic heterocycles. The number of aliphatic hydroxyl groups is 1. The summed E-state index contributed by atoms with van der Waals surface area (Å²) in [5.41, 5.74) is -0.904. The van der Waals surface area contributed by atoms with Crippen LogP contribution in [-0.2, 0) is 5.72 Å². The lowest BCUT2D eigenvalue weighted by atomic mass is 9.83. The Labute approximate surface area is 133 Å². The highest BCUT2D eigenvalue weighted by molar-refractivity contribution is 14.1. The quantitative estimate of drug-likeness (QED) is 0.488. The van der Waals surface area contributed by atoms with Crippen LogP contribution in [0.4, 0.5) is 4.79 Å². The van der Waals surface area contributed by atoms with E-state index in [2.05, 4.69) is 34.8 Å². The summed E-state index contributed by atoms with van der Waals surface area (Å²) >= 11 is 2.13. The lowest BCUT2D eigenvalue weighted by Crippen LogP contribution is -2.51. The van der Waals surface area contributed by atoms with Crippen molar-refractivity contribution < 1.29 is 15.0 Å². The van der Waals surface area contributed by atoms with E-state index >= 15 is 0 Å². The summed E-state index contributed by atoms with van der Waals surface area (Å²) in [6, 6.07) is 7.35. The van der Waals surface area contributed by atoms with Crippen molar-refractivity contribution in [3.05, 3.63) is 33.4 Å². The molecule has 0 saturated carbocycles. The van der Waals surface area contributed by atoms with Gasteiger partial charge in [0.2, 0.25) is 0 Å². The number of unbranched alkanes of at least 4 members (excludes halogenated alkanes) is 1. The molecule has 1 rings (SSSR count). The summed E-state index contributed by atoms with van der Waals surface area (Å²) in [6.07, 6.45) is 2.27. The lowest BCUT2D eigenvalue weighted by molar-refractivity contribution is -0.0559. The first-order chi connectivity index (χ1) is 9.45. The molecule has 0 aliphatic heterocycles. The normalized spacial score (nSPS) is 15.4. The van der Waals surface area contributed by atoms with E-state index in [9.17, 15) is 9.90 Å². The van der Waals surface area contributed by atoms with Crippen LogP contribution in [0.1, 0.15) is 45.1 Å². The fourth-order valence-electron chi connectivity index (χ4n) is 2.48. The van der Waals surface area contributed by atoms with Gasteiger partial charge in [0, 0.05) is 15.1 Å². The Kier molecular flexibility index (Phi) is 6.75. The Hall–Kier alpha value is -0.820. The van der Waals surface area contributed by atoms with E-state index in [1.54, 1.807) is 6.07 Å².